The van der Waals surface area contributed by atoms with Crippen molar-refractivity contribution in [3.63, 3.8) is 0 Å². The molecule has 8 heteroatoms. The monoisotopic (exact) mass is 500 g/mol. The van der Waals surface area contributed by atoms with Crippen LogP contribution in [0.15, 0.2) is 70.7 Å². The Labute approximate surface area is 204 Å². The van der Waals surface area contributed by atoms with Crippen LogP contribution < -0.4 is 4.72 Å². The van der Waals surface area contributed by atoms with E-state index in [1.807, 2.05) is 18.4 Å². The Morgan fingerprint density at radius 1 is 1.06 bits per heavy atom. The molecular formula is C25H25ClN2O3S2. The van der Waals surface area contributed by atoms with Gasteiger partial charge in [-0.15, -0.1) is 11.8 Å². The molecule has 1 N–H and O–H groups in total. The van der Waals surface area contributed by atoms with Crippen LogP contribution in [-0.2, 0) is 15.4 Å². The molecule has 0 radical (unpaired) electrons. The average molecular weight is 501 g/mol. The van der Waals surface area contributed by atoms with E-state index in [0.717, 1.165) is 5.56 Å². The first-order valence-electron chi connectivity index (χ1n) is 10.6. The van der Waals surface area contributed by atoms with Crippen molar-refractivity contribution < 1.29 is 13.2 Å². The summed E-state index contributed by atoms with van der Waals surface area (Å²) >= 11 is 7.56. The molecule has 2 atom stereocenters. The maximum atomic E-state index is 13.2. The van der Waals surface area contributed by atoms with Gasteiger partial charge < -0.3 is 0 Å². The number of carbonyl (C=O) groups excluding carboxylic acids is 1. The number of thioether (sulfide) groups is 1. The predicted molar refractivity (Wildman–Crippen MR) is 134 cm³/mol. The summed E-state index contributed by atoms with van der Waals surface area (Å²) in [6, 6.07) is 14.8. The molecule has 2 aromatic carbocycles. The van der Waals surface area contributed by atoms with Gasteiger partial charge in [-0.25, -0.2) is 13.4 Å². The van der Waals surface area contributed by atoms with Crippen molar-refractivity contribution in [1.82, 2.24) is 4.98 Å². The molecule has 2 unspecified atom stereocenters. The molecule has 1 saturated carbocycles. The number of hydrogen-bond acceptors (Lipinski definition) is 5. The van der Waals surface area contributed by atoms with E-state index < -0.39 is 10.0 Å². The van der Waals surface area contributed by atoms with Gasteiger partial charge in [-0.1, -0.05) is 44.5 Å². The van der Waals surface area contributed by atoms with Crippen LogP contribution in [0.5, 0.6) is 0 Å². The van der Waals surface area contributed by atoms with Gasteiger partial charge in [0.1, 0.15) is 0 Å². The molecule has 1 heterocycles. The first-order chi connectivity index (χ1) is 15.6. The van der Waals surface area contributed by atoms with E-state index in [2.05, 4.69) is 30.5 Å². The molecule has 3 aromatic rings. The number of aromatic nitrogens is 1. The summed E-state index contributed by atoms with van der Waals surface area (Å²) in [5.74, 6) is 0.772. The number of nitrogens with zero attached hydrogens (tertiary/aromatic N) is 1. The molecule has 1 aliphatic carbocycles. The minimum absolute atomic E-state index is 0.0751. The number of sulfonamides is 1. The molecule has 172 valence electrons. The van der Waals surface area contributed by atoms with Gasteiger partial charge in [0, 0.05) is 22.3 Å². The van der Waals surface area contributed by atoms with Crippen LogP contribution in [0.25, 0.3) is 0 Å². The highest BCUT2D eigenvalue weighted by atomic mass is 35.5. The fraction of sp³-hybridized carbons (Fsp3) is 0.280. The zero-order valence-corrected chi connectivity index (χ0v) is 21.2. The number of hydrogen-bond donors (Lipinski definition) is 1. The Bertz CT molecular complexity index is 1320. The number of carbonyl (C=O) groups is 1. The van der Waals surface area contributed by atoms with Gasteiger partial charge in [-0.05, 0) is 71.5 Å². The van der Waals surface area contributed by atoms with Gasteiger partial charge in [-0.3, -0.25) is 9.52 Å². The topological polar surface area (TPSA) is 76.1 Å². The maximum absolute atomic E-state index is 13.2. The molecule has 1 aliphatic rings. The van der Waals surface area contributed by atoms with Crippen molar-refractivity contribution in [2.45, 2.75) is 36.1 Å². The number of ketones is 1. The van der Waals surface area contributed by atoms with E-state index in [0.29, 0.717) is 27.4 Å². The molecule has 0 saturated heterocycles. The van der Waals surface area contributed by atoms with Gasteiger partial charge in [0.25, 0.3) is 10.0 Å². The Morgan fingerprint density at radius 3 is 2.33 bits per heavy atom. The Balaban J connectivity index is 1.64. The molecule has 33 heavy (non-hydrogen) atoms. The van der Waals surface area contributed by atoms with E-state index in [1.165, 1.54) is 23.9 Å². The number of benzene rings is 2. The van der Waals surface area contributed by atoms with E-state index >= 15 is 0 Å². The summed E-state index contributed by atoms with van der Waals surface area (Å²) in [6.45, 7) is 6.62. The molecule has 0 spiro atoms. The van der Waals surface area contributed by atoms with Crippen molar-refractivity contribution >= 4 is 44.9 Å². The number of nitrogens with one attached hydrogen (secondary N) is 1. The van der Waals surface area contributed by atoms with Crippen LogP contribution in [0.3, 0.4) is 0 Å². The third-order valence-corrected chi connectivity index (χ3v) is 9.25. The van der Waals surface area contributed by atoms with Crippen LogP contribution in [0.4, 0.5) is 5.69 Å². The highest BCUT2D eigenvalue weighted by Crippen LogP contribution is 2.59. The lowest BCUT2D eigenvalue weighted by molar-refractivity contribution is 0.103. The standard InChI is InChI=1S/C25H25ClN2O3S2/c1-15-16(2)25(15,3)18-5-8-20(9-6-18)33(30,31)28-22-10-7-19(26)14-21(22)24(29)17-11-12-27-23(13-17)32-4/h5-16,28H,1-4H3. The van der Waals surface area contributed by atoms with Crippen molar-refractivity contribution in [1.29, 1.82) is 0 Å². The molecule has 0 amide bonds. The summed E-state index contributed by atoms with van der Waals surface area (Å²) in [7, 11) is -3.91. The normalized spacial score (nSPS) is 22.1. The van der Waals surface area contributed by atoms with Crippen LogP contribution in [0, 0.1) is 11.8 Å². The Morgan fingerprint density at radius 2 is 1.73 bits per heavy atom. The van der Waals surface area contributed by atoms with Crippen molar-refractivity contribution in [3.05, 3.63) is 82.5 Å². The maximum Gasteiger partial charge on any atom is 0.261 e. The Hall–Kier alpha value is -2.35. The molecule has 0 bridgehead atoms. The first-order valence-corrected chi connectivity index (χ1v) is 13.6. The van der Waals surface area contributed by atoms with Gasteiger partial charge in [-0.2, -0.15) is 0 Å². The predicted octanol–water partition coefficient (Wildman–Crippen LogP) is 6.03. The third-order valence-electron chi connectivity index (χ3n) is 7.00. The van der Waals surface area contributed by atoms with Crippen molar-refractivity contribution in [2.24, 2.45) is 11.8 Å². The van der Waals surface area contributed by atoms with Gasteiger partial charge in [0.2, 0.25) is 0 Å². The number of anilines is 1. The molecular weight excluding hydrogens is 476 g/mol. The number of rotatable bonds is 7. The number of halogens is 1. The smallest absolute Gasteiger partial charge is 0.261 e. The Kier molecular flexibility index (Phi) is 6.33. The van der Waals surface area contributed by atoms with E-state index in [-0.39, 0.29) is 27.3 Å². The summed E-state index contributed by atoms with van der Waals surface area (Å²) in [5.41, 5.74) is 1.96. The average Bonchev–Trinajstić information content (AvgIpc) is 3.31. The van der Waals surface area contributed by atoms with Gasteiger partial charge >= 0.3 is 0 Å². The second-order valence-corrected chi connectivity index (χ2v) is 11.5. The van der Waals surface area contributed by atoms with Crippen molar-refractivity contribution in [2.75, 3.05) is 11.0 Å². The zero-order valence-electron chi connectivity index (χ0n) is 18.8. The largest absolute Gasteiger partial charge is 0.289 e. The van der Waals surface area contributed by atoms with E-state index in [9.17, 15) is 13.2 Å². The van der Waals surface area contributed by atoms with E-state index in [4.69, 9.17) is 11.6 Å². The second-order valence-electron chi connectivity index (χ2n) is 8.60. The van der Waals surface area contributed by atoms with Crippen LogP contribution in [0.1, 0.15) is 42.3 Å². The molecule has 4 rings (SSSR count). The summed E-state index contributed by atoms with van der Waals surface area (Å²) < 4.78 is 28.8. The summed E-state index contributed by atoms with van der Waals surface area (Å²) in [5, 5.41) is 1.03. The van der Waals surface area contributed by atoms with Crippen LogP contribution >= 0.6 is 23.4 Å². The molecule has 1 aromatic heterocycles. The molecule has 1 fully saturated rings. The minimum Gasteiger partial charge on any atom is -0.289 e. The minimum atomic E-state index is -3.91. The van der Waals surface area contributed by atoms with Gasteiger partial charge in [0.15, 0.2) is 5.78 Å². The lowest BCUT2D eigenvalue weighted by atomic mass is 9.94. The zero-order chi connectivity index (χ0) is 24.0. The lowest BCUT2D eigenvalue weighted by Crippen LogP contribution is -2.16. The summed E-state index contributed by atoms with van der Waals surface area (Å²) in [6.07, 6.45) is 3.42. The van der Waals surface area contributed by atoms with E-state index in [1.54, 1.807) is 36.5 Å². The van der Waals surface area contributed by atoms with Crippen molar-refractivity contribution in [3.8, 4) is 0 Å². The molecule has 0 aliphatic heterocycles. The summed E-state index contributed by atoms with van der Waals surface area (Å²) in [4.78, 5) is 17.5. The number of pyridine rings is 1. The third kappa shape index (κ3) is 4.42. The highest BCUT2D eigenvalue weighted by Gasteiger charge is 2.56. The van der Waals surface area contributed by atoms with Crippen LogP contribution in [-0.4, -0.2) is 25.4 Å². The quantitative estimate of drug-likeness (QED) is 0.316. The second kappa shape index (κ2) is 8.78. The SMILES string of the molecule is CSc1cc(C(=O)c2cc(Cl)ccc2NS(=O)(=O)c2ccc(C3(C)C(C)C3C)cc2)ccn1. The van der Waals surface area contributed by atoms with Crippen LogP contribution in [0.2, 0.25) is 5.02 Å². The lowest BCUT2D eigenvalue weighted by Gasteiger charge is -2.15. The first kappa shape index (κ1) is 23.8. The fourth-order valence-corrected chi connectivity index (χ4v) is 5.98. The fourth-order valence-electron chi connectivity index (χ4n) is 4.32. The highest BCUT2D eigenvalue weighted by molar-refractivity contribution is 7.98. The molecule has 5 nitrogen and oxygen atoms in total. The van der Waals surface area contributed by atoms with Gasteiger partial charge in [0.05, 0.1) is 15.6 Å².